The van der Waals surface area contributed by atoms with Gasteiger partial charge in [0.15, 0.2) is 0 Å². The lowest BCUT2D eigenvalue weighted by Gasteiger charge is -2.24. The Hall–Kier alpha value is -1.00. The van der Waals surface area contributed by atoms with E-state index in [-0.39, 0.29) is 18.1 Å². The molecule has 19 heavy (non-hydrogen) atoms. The summed E-state index contributed by atoms with van der Waals surface area (Å²) in [6.45, 7) is 5.53. The number of ether oxygens (including phenoxy) is 1. The fourth-order valence-electron chi connectivity index (χ4n) is 2.67. The first-order valence-electron chi connectivity index (χ1n) is 6.91. The van der Waals surface area contributed by atoms with Crippen LogP contribution in [0.15, 0.2) is 18.2 Å². The summed E-state index contributed by atoms with van der Waals surface area (Å²) in [5.74, 6) is -0.777. The highest BCUT2D eigenvalue weighted by Gasteiger charge is 2.31. The van der Waals surface area contributed by atoms with Crippen molar-refractivity contribution in [1.29, 1.82) is 0 Å². The third-order valence-corrected chi connectivity index (χ3v) is 3.61. The number of rotatable bonds is 5. The van der Waals surface area contributed by atoms with Crippen LogP contribution in [0.2, 0.25) is 0 Å². The maximum atomic E-state index is 14.0. The molecule has 1 fully saturated rings. The topological polar surface area (TPSA) is 21.3 Å². The van der Waals surface area contributed by atoms with Gasteiger partial charge in [0, 0.05) is 23.6 Å². The minimum atomic E-state index is -0.536. The molecule has 2 nitrogen and oxygen atoms in total. The van der Waals surface area contributed by atoms with E-state index in [0.29, 0.717) is 12.2 Å². The van der Waals surface area contributed by atoms with Gasteiger partial charge in [-0.2, -0.15) is 0 Å². The van der Waals surface area contributed by atoms with E-state index in [1.165, 1.54) is 6.07 Å². The van der Waals surface area contributed by atoms with Crippen LogP contribution in [0.4, 0.5) is 8.78 Å². The monoisotopic (exact) mass is 269 g/mol. The first-order valence-corrected chi connectivity index (χ1v) is 6.91. The van der Waals surface area contributed by atoms with Crippen LogP contribution in [-0.2, 0) is 4.74 Å². The van der Waals surface area contributed by atoms with Crippen molar-refractivity contribution in [3.8, 4) is 0 Å². The second-order valence-electron chi connectivity index (χ2n) is 5.24. The van der Waals surface area contributed by atoms with Crippen molar-refractivity contribution in [2.45, 2.75) is 38.8 Å². The van der Waals surface area contributed by atoms with Gasteiger partial charge in [-0.1, -0.05) is 13.0 Å². The van der Waals surface area contributed by atoms with E-state index in [9.17, 15) is 8.78 Å². The van der Waals surface area contributed by atoms with Crippen LogP contribution in [0, 0.1) is 17.6 Å². The van der Waals surface area contributed by atoms with Crippen LogP contribution in [0.5, 0.6) is 0 Å². The highest BCUT2D eigenvalue weighted by Crippen LogP contribution is 2.33. The van der Waals surface area contributed by atoms with Crippen molar-refractivity contribution in [2.24, 2.45) is 5.92 Å². The van der Waals surface area contributed by atoms with E-state index in [0.717, 1.165) is 25.5 Å². The van der Waals surface area contributed by atoms with Crippen molar-refractivity contribution in [3.63, 3.8) is 0 Å². The number of hydrogen-bond acceptors (Lipinski definition) is 2. The molecule has 0 spiro atoms. The Kier molecular flexibility index (Phi) is 4.88. The van der Waals surface area contributed by atoms with Crippen LogP contribution in [-0.4, -0.2) is 19.3 Å². The highest BCUT2D eigenvalue weighted by atomic mass is 19.1. The zero-order chi connectivity index (χ0) is 13.8. The highest BCUT2D eigenvalue weighted by molar-refractivity contribution is 5.23. The minimum Gasteiger partial charge on any atom is -0.378 e. The van der Waals surface area contributed by atoms with E-state index in [4.69, 9.17) is 4.74 Å². The molecule has 1 aromatic carbocycles. The SMILES string of the molecule is CCCNC(c1ccc(F)cc1F)C1COC(C)C1. The van der Waals surface area contributed by atoms with Crippen molar-refractivity contribution in [1.82, 2.24) is 5.32 Å². The fourth-order valence-corrected chi connectivity index (χ4v) is 2.67. The van der Waals surface area contributed by atoms with E-state index >= 15 is 0 Å². The number of halogens is 2. The summed E-state index contributed by atoms with van der Waals surface area (Å²) < 4.78 is 32.5. The molecule has 3 atom stereocenters. The number of hydrogen-bond donors (Lipinski definition) is 1. The van der Waals surface area contributed by atoms with Gasteiger partial charge in [0.25, 0.3) is 0 Å². The molecular formula is C15H21F2NO. The van der Waals surface area contributed by atoms with E-state index in [2.05, 4.69) is 12.2 Å². The molecule has 0 aliphatic carbocycles. The molecule has 106 valence electrons. The standard InChI is InChI=1S/C15H21F2NO/c1-3-6-18-15(11-7-10(2)19-9-11)13-5-4-12(16)8-14(13)17/h4-5,8,10-11,15,18H,3,6-7,9H2,1-2H3. The summed E-state index contributed by atoms with van der Waals surface area (Å²) in [6, 6.07) is 3.71. The Morgan fingerprint density at radius 2 is 2.21 bits per heavy atom. The minimum absolute atomic E-state index is 0.106. The lowest BCUT2D eigenvalue weighted by Crippen LogP contribution is -2.30. The summed E-state index contributed by atoms with van der Waals surface area (Å²) in [7, 11) is 0. The normalized spacial score (nSPS) is 24.6. The second kappa shape index (κ2) is 6.44. The van der Waals surface area contributed by atoms with Gasteiger partial charge in [0.05, 0.1) is 12.7 Å². The third kappa shape index (κ3) is 3.51. The van der Waals surface area contributed by atoms with Crippen LogP contribution < -0.4 is 5.32 Å². The van der Waals surface area contributed by atoms with Crippen LogP contribution in [0.3, 0.4) is 0 Å². The molecule has 1 aliphatic heterocycles. The maximum absolute atomic E-state index is 14.0. The second-order valence-corrected chi connectivity index (χ2v) is 5.24. The largest absolute Gasteiger partial charge is 0.378 e. The smallest absolute Gasteiger partial charge is 0.130 e. The van der Waals surface area contributed by atoms with Gasteiger partial charge in [-0.15, -0.1) is 0 Å². The summed E-state index contributed by atoms with van der Waals surface area (Å²) in [5, 5.41) is 3.37. The zero-order valence-corrected chi connectivity index (χ0v) is 11.5. The molecule has 3 unspecified atom stereocenters. The molecule has 4 heteroatoms. The molecule has 0 bridgehead atoms. The van der Waals surface area contributed by atoms with Gasteiger partial charge in [0.2, 0.25) is 0 Å². The molecule has 1 aliphatic rings. The van der Waals surface area contributed by atoms with Crippen molar-refractivity contribution in [2.75, 3.05) is 13.2 Å². The Morgan fingerprint density at radius 1 is 1.42 bits per heavy atom. The van der Waals surface area contributed by atoms with Crippen LogP contribution in [0.1, 0.15) is 38.3 Å². The summed E-state index contributed by atoms with van der Waals surface area (Å²) in [6.07, 6.45) is 2.08. The maximum Gasteiger partial charge on any atom is 0.130 e. The Labute approximate surface area is 113 Å². The predicted octanol–water partition coefficient (Wildman–Crippen LogP) is 3.43. The lowest BCUT2D eigenvalue weighted by atomic mass is 9.90. The molecule has 0 amide bonds. The molecule has 0 aromatic heterocycles. The Morgan fingerprint density at radius 3 is 2.79 bits per heavy atom. The number of nitrogens with one attached hydrogen (secondary N) is 1. The van der Waals surface area contributed by atoms with Gasteiger partial charge < -0.3 is 10.1 Å². The average molecular weight is 269 g/mol. The summed E-state index contributed by atoms with van der Waals surface area (Å²) in [5.41, 5.74) is 0.539. The van der Waals surface area contributed by atoms with Crippen molar-refractivity contribution >= 4 is 0 Å². The van der Waals surface area contributed by atoms with Gasteiger partial charge in [0.1, 0.15) is 11.6 Å². The molecule has 0 radical (unpaired) electrons. The van der Waals surface area contributed by atoms with Gasteiger partial charge in [-0.25, -0.2) is 8.78 Å². The first-order chi connectivity index (χ1) is 9.11. The van der Waals surface area contributed by atoms with Crippen LogP contribution in [0.25, 0.3) is 0 Å². The molecule has 1 heterocycles. The Bertz CT molecular complexity index is 425. The molecule has 2 rings (SSSR count). The first kappa shape index (κ1) is 14.4. The fraction of sp³-hybridized carbons (Fsp3) is 0.600. The Balaban J connectivity index is 2.21. The van der Waals surface area contributed by atoms with E-state index in [1.54, 1.807) is 6.07 Å². The van der Waals surface area contributed by atoms with E-state index < -0.39 is 11.6 Å². The molecule has 1 saturated heterocycles. The molecule has 1 aromatic rings. The van der Waals surface area contributed by atoms with Crippen molar-refractivity contribution in [3.05, 3.63) is 35.4 Å². The predicted molar refractivity (Wildman–Crippen MR) is 70.9 cm³/mol. The van der Waals surface area contributed by atoms with Gasteiger partial charge in [-0.3, -0.25) is 0 Å². The quantitative estimate of drug-likeness (QED) is 0.884. The van der Waals surface area contributed by atoms with Crippen LogP contribution >= 0.6 is 0 Å². The molecular weight excluding hydrogens is 248 g/mol. The van der Waals surface area contributed by atoms with E-state index in [1.807, 2.05) is 6.92 Å². The molecule has 0 saturated carbocycles. The van der Waals surface area contributed by atoms with Crippen molar-refractivity contribution < 1.29 is 13.5 Å². The third-order valence-electron chi connectivity index (χ3n) is 3.61. The summed E-state index contributed by atoms with van der Waals surface area (Å²) in [4.78, 5) is 0. The number of benzene rings is 1. The zero-order valence-electron chi connectivity index (χ0n) is 11.5. The molecule has 1 N–H and O–H groups in total. The van der Waals surface area contributed by atoms with Gasteiger partial charge in [-0.05, 0) is 32.4 Å². The van der Waals surface area contributed by atoms with Gasteiger partial charge >= 0.3 is 0 Å². The lowest BCUT2D eigenvalue weighted by molar-refractivity contribution is 0.116. The average Bonchev–Trinajstić information content (AvgIpc) is 2.78. The summed E-state index contributed by atoms with van der Waals surface area (Å²) >= 11 is 0.